The van der Waals surface area contributed by atoms with Crippen molar-refractivity contribution in [2.24, 2.45) is 5.92 Å². The van der Waals surface area contributed by atoms with Gasteiger partial charge in [-0.1, -0.05) is 11.5 Å². The summed E-state index contributed by atoms with van der Waals surface area (Å²) in [6.07, 6.45) is 2.56. The van der Waals surface area contributed by atoms with Crippen molar-refractivity contribution in [1.29, 1.82) is 0 Å². The van der Waals surface area contributed by atoms with E-state index in [2.05, 4.69) is 0 Å². The van der Waals surface area contributed by atoms with Gasteiger partial charge in [0.05, 0.1) is 23.7 Å². The minimum absolute atomic E-state index is 0.00336. The van der Waals surface area contributed by atoms with Crippen molar-refractivity contribution in [3.05, 3.63) is 11.5 Å². The summed E-state index contributed by atoms with van der Waals surface area (Å²) in [5, 5.41) is 0. The smallest absolute Gasteiger partial charge is 0.466 e. The van der Waals surface area contributed by atoms with Gasteiger partial charge in [-0.15, -0.1) is 0 Å². The molecule has 0 radical (unpaired) electrons. The SMILES string of the molecule is CCOC(=O)C1CC/C(=C/B2OC(C)(C)C(C)(C)O2)C1. The van der Waals surface area contributed by atoms with Crippen LogP contribution in [0.5, 0.6) is 0 Å². The fraction of sp³-hybridized carbons (Fsp3) is 0.800. The van der Waals surface area contributed by atoms with Crippen molar-refractivity contribution in [1.82, 2.24) is 0 Å². The molecule has 2 rings (SSSR count). The monoisotopic (exact) mass is 280 g/mol. The molecule has 112 valence electrons. The third kappa shape index (κ3) is 3.09. The molecule has 1 heterocycles. The maximum absolute atomic E-state index is 11.7. The van der Waals surface area contributed by atoms with E-state index in [9.17, 15) is 4.79 Å². The first kappa shape index (κ1) is 15.6. The molecule has 0 aromatic rings. The zero-order valence-corrected chi connectivity index (χ0v) is 13.2. The van der Waals surface area contributed by atoms with Crippen LogP contribution in [-0.4, -0.2) is 30.9 Å². The number of rotatable bonds is 3. The molecule has 1 aliphatic heterocycles. The van der Waals surface area contributed by atoms with E-state index in [1.165, 1.54) is 5.57 Å². The Bertz CT molecular complexity index is 398. The molecule has 1 saturated carbocycles. The second-order valence-electron chi connectivity index (χ2n) is 6.64. The van der Waals surface area contributed by atoms with Crippen LogP contribution in [0, 0.1) is 5.92 Å². The molecule has 0 aromatic heterocycles. The van der Waals surface area contributed by atoms with Gasteiger partial charge in [0.2, 0.25) is 0 Å². The standard InChI is InChI=1S/C15H25BO4/c1-6-18-13(17)12-8-7-11(9-12)10-16-19-14(2,3)15(4,5)20-16/h10,12H,6-9H2,1-5H3/b11-10-. The van der Waals surface area contributed by atoms with Crippen LogP contribution in [0.25, 0.3) is 0 Å². The van der Waals surface area contributed by atoms with Crippen LogP contribution in [0.2, 0.25) is 0 Å². The lowest BCUT2D eigenvalue weighted by Gasteiger charge is -2.32. The Kier molecular flexibility index (Phi) is 4.31. The number of carbonyl (C=O) groups is 1. The zero-order chi connectivity index (χ0) is 15.0. The van der Waals surface area contributed by atoms with Gasteiger partial charge in [-0.2, -0.15) is 0 Å². The first-order valence-corrected chi connectivity index (χ1v) is 7.47. The number of carbonyl (C=O) groups excluding carboxylic acids is 1. The molecule has 1 aliphatic carbocycles. The summed E-state index contributed by atoms with van der Waals surface area (Å²) in [4.78, 5) is 11.7. The first-order valence-electron chi connectivity index (χ1n) is 7.47. The number of ether oxygens (including phenoxy) is 1. The molecule has 4 nitrogen and oxygen atoms in total. The van der Waals surface area contributed by atoms with Crippen LogP contribution in [0.4, 0.5) is 0 Å². The van der Waals surface area contributed by atoms with E-state index >= 15 is 0 Å². The molecule has 1 atom stereocenters. The highest BCUT2D eigenvalue weighted by atomic mass is 16.7. The average Bonchev–Trinajstić information content (AvgIpc) is 2.83. The van der Waals surface area contributed by atoms with Crippen LogP contribution < -0.4 is 0 Å². The van der Waals surface area contributed by atoms with E-state index < -0.39 is 0 Å². The van der Waals surface area contributed by atoms with Gasteiger partial charge in [0.15, 0.2) is 0 Å². The zero-order valence-electron chi connectivity index (χ0n) is 13.2. The van der Waals surface area contributed by atoms with Gasteiger partial charge in [-0.25, -0.2) is 0 Å². The predicted octanol–water partition coefficient (Wildman–Crippen LogP) is 2.91. The quantitative estimate of drug-likeness (QED) is 0.589. The molecule has 0 bridgehead atoms. The fourth-order valence-corrected chi connectivity index (χ4v) is 2.64. The van der Waals surface area contributed by atoms with Crippen LogP contribution >= 0.6 is 0 Å². The Morgan fingerprint density at radius 3 is 2.50 bits per heavy atom. The molecule has 20 heavy (non-hydrogen) atoms. The lowest BCUT2D eigenvalue weighted by atomic mass is 9.86. The summed E-state index contributed by atoms with van der Waals surface area (Å²) in [5.41, 5.74) is 0.614. The maximum atomic E-state index is 11.7. The first-order chi connectivity index (χ1) is 9.25. The third-order valence-corrected chi connectivity index (χ3v) is 4.59. The van der Waals surface area contributed by atoms with Gasteiger partial charge in [0.1, 0.15) is 0 Å². The minimum atomic E-state index is -0.312. The lowest BCUT2D eigenvalue weighted by molar-refractivity contribution is -0.147. The van der Waals surface area contributed by atoms with E-state index in [1.54, 1.807) is 0 Å². The average molecular weight is 280 g/mol. The fourth-order valence-electron chi connectivity index (χ4n) is 2.64. The second-order valence-corrected chi connectivity index (χ2v) is 6.64. The predicted molar refractivity (Wildman–Crippen MR) is 78.1 cm³/mol. The van der Waals surface area contributed by atoms with Crippen LogP contribution in [0.1, 0.15) is 53.9 Å². The molecular formula is C15H25BO4. The number of hydrogen-bond acceptors (Lipinski definition) is 4. The largest absolute Gasteiger partial charge is 0.487 e. The number of esters is 1. The molecule has 5 heteroatoms. The lowest BCUT2D eigenvalue weighted by Crippen LogP contribution is -2.41. The summed E-state index contributed by atoms with van der Waals surface area (Å²) in [5.74, 6) is 1.96. The van der Waals surface area contributed by atoms with Crippen molar-refractivity contribution in [2.75, 3.05) is 6.61 Å². The van der Waals surface area contributed by atoms with Gasteiger partial charge >= 0.3 is 13.1 Å². The van der Waals surface area contributed by atoms with Gasteiger partial charge in [-0.05, 0) is 53.9 Å². The van der Waals surface area contributed by atoms with E-state index in [0.717, 1.165) is 19.3 Å². The van der Waals surface area contributed by atoms with Gasteiger partial charge < -0.3 is 14.0 Å². The van der Waals surface area contributed by atoms with E-state index in [1.807, 2.05) is 40.6 Å². The van der Waals surface area contributed by atoms with Crippen LogP contribution in [-0.2, 0) is 18.8 Å². The molecule has 0 spiro atoms. The van der Waals surface area contributed by atoms with E-state index in [0.29, 0.717) is 6.61 Å². The maximum Gasteiger partial charge on any atom is 0.487 e. The second kappa shape index (κ2) is 5.53. The topological polar surface area (TPSA) is 44.8 Å². The Labute approximate surface area is 122 Å². The van der Waals surface area contributed by atoms with Gasteiger partial charge in [0, 0.05) is 0 Å². The summed E-state index contributed by atoms with van der Waals surface area (Å²) >= 11 is 0. The van der Waals surface area contributed by atoms with E-state index in [4.69, 9.17) is 14.0 Å². The highest BCUT2D eigenvalue weighted by molar-refractivity contribution is 6.51. The van der Waals surface area contributed by atoms with Crippen molar-refractivity contribution in [3.63, 3.8) is 0 Å². The van der Waals surface area contributed by atoms with Crippen molar-refractivity contribution >= 4 is 13.1 Å². The Morgan fingerprint density at radius 1 is 1.35 bits per heavy atom. The third-order valence-electron chi connectivity index (χ3n) is 4.59. The minimum Gasteiger partial charge on any atom is -0.466 e. The molecule has 1 unspecified atom stereocenters. The molecular weight excluding hydrogens is 255 g/mol. The highest BCUT2D eigenvalue weighted by Crippen LogP contribution is 2.38. The molecule has 2 aliphatic rings. The van der Waals surface area contributed by atoms with Gasteiger partial charge in [0.25, 0.3) is 0 Å². The van der Waals surface area contributed by atoms with E-state index in [-0.39, 0.29) is 30.2 Å². The van der Waals surface area contributed by atoms with Crippen molar-refractivity contribution in [3.8, 4) is 0 Å². The molecule has 0 aromatic carbocycles. The molecule has 2 fully saturated rings. The Morgan fingerprint density at radius 2 is 1.95 bits per heavy atom. The van der Waals surface area contributed by atoms with Gasteiger partial charge in [-0.3, -0.25) is 4.79 Å². The summed E-state index contributed by atoms with van der Waals surface area (Å²) in [6, 6.07) is 0. The normalized spacial score (nSPS) is 29.9. The molecule has 0 amide bonds. The van der Waals surface area contributed by atoms with Crippen molar-refractivity contribution < 1.29 is 18.8 Å². The molecule has 0 N–H and O–H groups in total. The van der Waals surface area contributed by atoms with Crippen LogP contribution in [0.3, 0.4) is 0 Å². The summed E-state index contributed by atoms with van der Waals surface area (Å²) < 4.78 is 17.0. The summed E-state index contributed by atoms with van der Waals surface area (Å²) in [7, 11) is -0.309. The Balaban J connectivity index is 1.96. The molecule has 1 saturated heterocycles. The number of allylic oxidation sites excluding steroid dienone is 1. The highest BCUT2D eigenvalue weighted by Gasteiger charge is 2.50. The Hall–Kier alpha value is -0.805. The number of hydrogen-bond donors (Lipinski definition) is 0. The van der Waals surface area contributed by atoms with Crippen molar-refractivity contribution in [2.45, 2.75) is 65.1 Å². The van der Waals surface area contributed by atoms with Crippen LogP contribution in [0.15, 0.2) is 11.5 Å². The summed E-state index contributed by atoms with van der Waals surface area (Å²) in [6.45, 7) is 10.5.